The highest BCUT2D eigenvalue weighted by molar-refractivity contribution is 6.32. The normalized spacial score (nSPS) is 9.95. The van der Waals surface area contributed by atoms with Crippen molar-refractivity contribution < 1.29 is 9.84 Å². The van der Waals surface area contributed by atoms with Gasteiger partial charge in [0.1, 0.15) is 12.1 Å². The van der Waals surface area contributed by atoms with Crippen molar-refractivity contribution in [1.29, 1.82) is 5.26 Å². The smallest absolute Gasteiger partial charge is 0.265 e. The number of benzene rings is 1. The van der Waals surface area contributed by atoms with Crippen LogP contribution in [0.25, 0.3) is 0 Å². The summed E-state index contributed by atoms with van der Waals surface area (Å²) in [5.74, 6) is 0.251. The van der Waals surface area contributed by atoms with Gasteiger partial charge in [-0.25, -0.2) is 4.98 Å². The van der Waals surface area contributed by atoms with E-state index in [1.54, 1.807) is 12.1 Å². The van der Waals surface area contributed by atoms with Crippen molar-refractivity contribution in [3.63, 3.8) is 0 Å². The Morgan fingerprint density at radius 2 is 2.21 bits per heavy atom. The van der Waals surface area contributed by atoms with Crippen molar-refractivity contribution in [2.45, 2.75) is 13.3 Å². The van der Waals surface area contributed by atoms with E-state index in [2.05, 4.69) is 9.97 Å². The molecule has 0 saturated heterocycles. The molecule has 6 heteroatoms. The molecule has 2 aromatic rings. The molecule has 0 saturated carbocycles. The van der Waals surface area contributed by atoms with Crippen molar-refractivity contribution in [3.05, 3.63) is 40.8 Å². The number of halogens is 1. The lowest BCUT2D eigenvalue weighted by Crippen LogP contribution is -1.95. The fraction of sp³-hybridized carbons (Fsp3) is 0.154. The highest BCUT2D eigenvalue weighted by Crippen LogP contribution is 2.34. The Morgan fingerprint density at radius 3 is 2.84 bits per heavy atom. The van der Waals surface area contributed by atoms with Crippen molar-refractivity contribution in [3.8, 4) is 23.4 Å². The molecule has 0 radical (unpaired) electrons. The monoisotopic (exact) mass is 275 g/mol. The summed E-state index contributed by atoms with van der Waals surface area (Å²) < 4.78 is 5.44. The maximum absolute atomic E-state index is 9.90. The fourth-order valence-corrected chi connectivity index (χ4v) is 1.71. The number of aryl methyl sites for hydroxylation is 1. The Labute approximate surface area is 115 Å². The van der Waals surface area contributed by atoms with E-state index in [-0.39, 0.29) is 16.7 Å². The first-order valence-corrected chi connectivity index (χ1v) is 5.93. The van der Waals surface area contributed by atoms with Gasteiger partial charge >= 0.3 is 0 Å². The topological polar surface area (TPSA) is 79.0 Å². The lowest BCUT2D eigenvalue weighted by Gasteiger charge is -2.09. The lowest BCUT2D eigenvalue weighted by molar-refractivity contribution is 0.390. The summed E-state index contributed by atoms with van der Waals surface area (Å²) in [5, 5.41) is 18.9. The molecule has 0 spiro atoms. The molecule has 1 aromatic heterocycles. The summed E-state index contributed by atoms with van der Waals surface area (Å²) in [6, 6.07) is 6.57. The number of nitriles is 1. The van der Waals surface area contributed by atoms with Crippen molar-refractivity contribution in [2.24, 2.45) is 0 Å². The summed E-state index contributed by atoms with van der Waals surface area (Å²) in [6.07, 6.45) is 1.87. The molecule has 0 aliphatic heterocycles. The van der Waals surface area contributed by atoms with Crippen LogP contribution >= 0.6 is 11.6 Å². The Morgan fingerprint density at radius 1 is 1.42 bits per heavy atom. The van der Waals surface area contributed by atoms with E-state index in [0.29, 0.717) is 23.4 Å². The predicted octanol–water partition coefficient (Wildman–Crippen LogP) is 3.06. The number of aromatic hydroxyl groups is 1. The molecule has 5 nitrogen and oxygen atoms in total. The number of aromatic nitrogens is 2. The Hall–Kier alpha value is -2.32. The summed E-state index contributed by atoms with van der Waals surface area (Å²) in [4.78, 5) is 7.79. The SMILES string of the molecule is CCc1ncnc(Oc2ccc(C#N)cc2Cl)c1O. The minimum Gasteiger partial charge on any atom is -0.502 e. The van der Waals surface area contributed by atoms with Crippen LogP contribution in [-0.2, 0) is 6.42 Å². The first kappa shape index (κ1) is 13.1. The van der Waals surface area contributed by atoms with Gasteiger partial charge in [0.25, 0.3) is 5.88 Å². The molecular weight excluding hydrogens is 266 g/mol. The average Bonchev–Trinajstić information content (AvgIpc) is 2.43. The van der Waals surface area contributed by atoms with E-state index >= 15 is 0 Å². The van der Waals surface area contributed by atoms with Crippen LogP contribution in [0.4, 0.5) is 0 Å². The molecule has 0 atom stereocenters. The zero-order valence-electron chi connectivity index (χ0n) is 10.1. The Kier molecular flexibility index (Phi) is 3.83. The summed E-state index contributed by atoms with van der Waals surface area (Å²) in [5.41, 5.74) is 0.924. The number of ether oxygens (including phenoxy) is 1. The molecule has 19 heavy (non-hydrogen) atoms. The van der Waals surface area contributed by atoms with Crippen molar-refractivity contribution in [1.82, 2.24) is 9.97 Å². The molecule has 96 valence electrons. The first-order chi connectivity index (χ1) is 9.15. The first-order valence-electron chi connectivity index (χ1n) is 5.56. The van der Waals surface area contributed by atoms with Crippen LogP contribution in [0, 0.1) is 11.3 Å². The zero-order valence-corrected chi connectivity index (χ0v) is 10.8. The standard InChI is InChI=1S/C13H10ClN3O2/c1-2-10-12(18)13(17-7-16-10)19-11-4-3-8(6-15)5-9(11)14/h3-5,7,18H,2H2,1H3. The number of rotatable bonds is 3. The summed E-state index contributed by atoms with van der Waals surface area (Å²) in [6.45, 7) is 1.86. The van der Waals surface area contributed by atoms with Crippen LogP contribution in [0.5, 0.6) is 17.4 Å². The highest BCUT2D eigenvalue weighted by atomic mass is 35.5. The molecule has 1 aromatic carbocycles. The van der Waals surface area contributed by atoms with E-state index in [1.165, 1.54) is 12.4 Å². The van der Waals surface area contributed by atoms with Gasteiger partial charge < -0.3 is 9.84 Å². The van der Waals surface area contributed by atoms with Gasteiger partial charge in [0.15, 0.2) is 0 Å². The largest absolute Gasteiger partial charge is 0.502 e. The van der Waals surface area contributed by atoms with Gasteiger partial charge in [0.2, 0.25) is 5.75 Å². The van der Waals surface area contributed by atoms with Gasteiger partial charge in [0, 0.05) is 0 Å². The van der Waals surface area contributed by atoms with E-state index in [1.807, 2.05) is 13.0 Å². The second-order valence-electron chi connectivity index (χ2n) is 3.69. The van der Waals surface area contributed by atoms with Gasteiger partial charge in [-0.05, 0) is 24.6 Å². The van der Waals surface area contributed by atoms with Gasteiger partial charge in [-0.3, -0.25) is 0 Å². The molecule has 2 rings (SSSR count). The quantitative estimate of drug-likeness (QED) is 0.931. The third kappa shape index (κ3) is 2.75. The van der Waals surface area contributed by atoms with Gasteiger partial charge in [-0.2, -0.15) is 10.2 Å². The van der Waals surface area contributed by atoms with E-state index in [4.69, 9.17) is 21.6 Å². The molecule has 0 bridgehead atoms. The number of hydrogen-bond acceptors (Lipinski definition) is 5. The Balaban J connectivity index is 2.34. The lowest BCUT2D eigenvalue weighted by atomic mass is 10.2. The average molecular weight is 276 g/mol. The van der Waals surface area contributed by atoms with Gasteiger partial charge in [-0.1, -0.05) is 18.5 Å². The zero-order chi connectivity index (χ0) is 13.8. The maximum Gasteiger partial charge on any atom is 0.265 e. The van der Waals surface area contributed by atoms with Crippen LogP contribution < -0.4 is 4.74 Å². The number of hydrogen-bond donors (Lipinski definition) is 1. The Bertz CT molecular complexity index is 653. The van der Waals surface area contributed by atoms with Crippen molar-refractivity contribution in [2.75, 3.05) is 0 Å². The van der Waals surface area contributed by atoms with Crippen LogP contribution in [-0.4, -0.2) is 15.1 Å². The van der Waals surface area contributed by atoms with Gasteiger partial charge in [0.05, 0.1) is 22.3 Å². The van der Waals surface area contributed by atoms with Gasteiger partial charge in [-0.15, -0.1) is 0 Å². The number of nitrogens with zero attached hydrogens (tertiary/aromatic N) is 3. The van der Waals surface area contributed by atoms with E-state index in [0.717, 1.165) is 0 Å². The molecule has 0 aliphatic rings. The summed E-state index contributed by atoms with van der Waals surface area (Å²) >= 11 is 5.98. The molecule has 0 fully saturated rings. The summed E-state index contributed by atoms with van der Waals surface area (Å²) in [7, 11) is 0. The third-order valence-electron chi connectivity index (χ3n) is 2.47. The molecule has 1 heterocycles. The molecule has 0 aliphatic carbocycles. The maximum atomic E-state index is 9.90. The second kappa shape index (κ2) is 5.55. The van der Waals surface area contributed by atoms with E-state index < -0.39 is 0 Å². The third-order valence-corrected chi connectivity index (χ3v) is 2.76. The predicted molar refractivity (Wildman–Crippen MR) is 69.3 cm³/mol. The molecule has 0 amide bonds. The van der Waals surface area contributed by atoms with E-state index in [9.17, 15) is 5.11 Å². The molecular formula is C13H10ClN3O2. The fourth-order valence-electron chi connectivity index (χ4n) is 1.49. The highest BCUT2D eigenvalue weighted by Gasteiger charge is 2.12. The van der Waals surface area contributed by atoms with Crippen LogP contribution in [0.2, 0.25) is 5.02 Å². The molecule has 1 N–H and O–H groups in total. The van der Waals surface area contributed by atoms with Crippen LogP contribution in [0.15, 0.2) is 24.5 Å². The molecule has 0 unspecified atom stereocenters. The second-order valence-corrected chi connectivity index (χ2v) is 4.09. The van der Waals surface area contributed by atoms with Crippen LogP contribution in [0.1, 0.15) is 18.2 Å². The minimum atomic E-state index is -0.106. The van der Waals surface area contributed by atoms with Crippen LogP contribution in [0.3, 0.4) is 0 Å². The van der Waals surface area contributed by atoms with Crippen molar-refractivity contribution >= 4 is 11.6 Å². The minimum absolute atomic E-state index is 0.0402.